The Kier molecular flexibility index (Phi) is 4.66. The Morgan fingerprint density at radius 3 is 2.28 bits per heavy atom. The van der Waals surface area contributed by atoms with Gasteiger partial charge >= 0.3 is 0 Å². The molecule has 18 heavy (non-hydrogen) atoms. The number of aliphatic hydroxyl groups is 1. The second-order valence-electron chi connectivity index (χ2n) is 4.19. The summed E-state index contributed by atoms with van der Waals surface area (Å²) in [6.07, 6.45) is 0. The molecule has 0 aliphatic rings. The van der Waals surface area contributed by atoms with Crippen molar-refractivity contribution in [1.29, 1.82) is 5.41 Å². The van der Waals surface area contributed by atoms with Gasteiger partial charge in [0.15, 0.2) is 5.78 Å². The Balaban J connectivity index is 2.93. The molecule has 0 bridgehead atoms. The zero-order chi connectivity index (χ0) is 13.7. The van der Waals surface area contributed by atoms with Gasteiger partial charge in [0.05, 0.1) is 12.1 Å². The fraction of sp³-hybridized carbons (Fsp3) is 0.286. The van der Waals surface area contributed by atoms with Gasteiger partial charge in [0, 0.05) is 18.4 Å². The van der Waals surface area contributed by atoms with Crippen molar-refractivity contribution in [1.82, 2.24) is 0 Å². The van der Waals surface area contributed by atoms with Crippen LogP contribution in [0.4, 0.5) is 5.69 Å². The van der Waals surface area contributed by atoms with Crippen LogP contribution in [0.1, 0.15) is 13.8 Å². The number of nitrogens with one attached hydrogen (secondary N) is 1. The molecule has 0 atom stereocenters. The van der Waals surface area contributed by atoms with Crippen molar-refractivity contribution in [2.45, 2.75) is 13.8 Å². The average molecular weight is 246 g/mol. The molecule has 2 N–H and O–H groups in total. The van der Waals surface area contributed by atoms with Crippen molar-refractivity contribution in [2.75, 3.05) is 18.5 Å². The van der Waals surface area contributed by atoms with Gasteiger partial charge in [-0.2, -0.15) is 0 Å². The van der Waals surface area contributed by atoms with Crippen molar-refractivity contribution >= 4 is 17.2 Å². The molecule has 0 saturated carbocycles. The lowest BCUT2D eigenvalue weighted by Gasteiger charge is -2.19. The molecule has 0 heterocycles. The number of aliphatic hydroxyl groups excluding tert-OH is 1. The van der Waals surface area contributed by atoms with E-state index in [9.17, 15) is 9.90 Å². The molecule has 0 amide bonds. The normalized spacial score (nSPS) is 11.7. The number of hydrogen-bond donors (Lipinski definition) is 2. The monoisotopic (exact) mass is 246 g/mol. The number of anilines is 1. The highest BCUT2D eigenvalue weighted by Crippen LogP contribution is 2.14. The van der Waals surface area contributed by atoms with Gasteiger partial charge in [0.25, 0.3) is 0 Å². The van der Waals surface area contributed by atoms with Crippen LogP contribution in [0, 0.1) is 5.41 Å². The van der Waals surface area contributed by atoms with Gasteiger partial charge in [0.1, 0.15) is 5.76 Å². The molecule has 1 aromatic rings. The van der Waals surface area contributed by atoms with Crippen LogP contribution < -0.4 is 4.90 Å². The van der Waals surface area contributed by atoms with Crippen LogP contribution in [-0.2, 0) is 4.79 Å². The minimum Gasteiger partial charge on any atom is -0.510 e. The summed E-state index contributed by atoms with van der Waals surface area (Å²) in [6.45, 7) is 3.05. The van der Waals surface area contributed by atoms with Gasteiger partial charge in [-0.15, -0.1) is 0 Å². The van der Waals surface area contributed by atoms with Gasteiger partial charge < -0.3 is 15.4 Å². The molecule has 4 nitrogen and oxygen atoms in total. The zero-order valence-electron chi connectivity index (χ0n) is 10.9. The van der Waals surface area contributed by atoms with Crippen molar-refractivity contribution in [3.8, 4) is 0 Å². The molecule has 96 valence electrons. The maximum absolute atomic E-state index is 11.4. The van der Waals surface area contributed by atoms with Gasteiger partial charge in [-0.1, -0.05) is 18.2 Å². The first-order valence-corrected chi connectivity index (χ1v) is 5.68. The largest absolute Gasteiger partial charge is 0.510 e. The zero-order valence-corrected chi connectivity index (χ0v) is 10.9. The molecule has 1 rings (SSSR count). The number of Topliss-reactive ketones (excluding diaryl/α,β-unsaturated/α-hetero) is 1. The SMILES string of the molecule is CC(=N)/C(C(C)=O)=C(\O)CN(C)c1ccccc1. The van der Waals surface area contributed by atoms with Gasteiger partial charge in [0.2, 0.25) is 0 Å². The predicted octanol–water partition coefficient (Wildman–Crippen LogP) is 2.56. The third-order valence-corrected chi connectivity index (χ3v) is 2.60. The van der Waals surface area contributed by atoms with Crippen molar-refractivity contribution in [3.05, 3.63) is 41.7 Å². The molecule has 0 saturated heterocycles. The van der Waals surface area contributed by atoms with Crippen molar-refractivity contribution in [2.24, 2.45) is 0 Å². The topological polar surface area (TPSA) is 64.4 Å². The first-order chi connectivity index (χ1) is 8.43. The average Bonchev–Trinajstić information content (AvgIpc) is 2.28. The minimum atomic E-state index is -0.290. The molecule has 0 spiro atoms. The number of rotatable bonds is 5. The van der Waals surface area contributed by atoms with E-state index in [1.807, 2.05) is 42.3 Å². The lowest BCUT2D eigenvalue weighted by atomic mass is 10.1. The van der Waals surface area contributed by atoms with Crippen LogP contribution in [0.5, 0.6) is 0 Å². The molecule has 1 aromatic carbocycles. The lowest BCUT2D eigenvalue weighted by Crippen LogP contribution is -2.23. The summed E-state index contributed by atoms with van der Waals surface area (Å²) in [7, 11) is 1.82. The standard InChI is InChI=1S/C14H18N2O2/c1-10(15)14(11(2)17)13(18)9-16(3)12-7-5-4-6-8-12/h4-8,15,18H,9H2,1-3H3/b14-13+,15-10?. The molecule has 0 unspecified atom stereocenters. The van der Waals surface area contributed by atoms with Crippen molar-refractivity contribution < 1.29 is 9.90 Å². The number of likely N-dealkylation sites (N-methyl/N-ethyl adjacent to an activating group) is 1. The first-order valence-electron chi connectivity index (χ1n) is 5.68. The van der Waals surface area contributed by atoms with Crippen molar-refractivity contribution in [3.63, 3.8) is 0 Å². The molecule has 0 aliphatic carbocycles. The summed E-state index contributed by atoms with van der Waals surface area (Å²) in [5.74, 6) is -0.359. The Hall–Kier alpha value is -2.10. The number of allylic oxidation sites excluding steroid dienone is 1. The number of carbonyl (C=O) groups excluding carboxylic acids is 1. The third kappa shape index (κ3) is 3.45. The Bertz CT molecular complexity index is 462. The number of hydrogen-bond acceptors (Lipinski definition) is 4. The summed E-state index contributed by atoms with van der Waals surface area (Å²) >= 11 is 0. The summed E-state index contributed by atoms with van der Waals surface area (Å²) in [4.78, 5) is 13.2. The number of carbonyl (C=O) groups is 1. The van der Waals surface area contributed by atoms with E-state index in [-0.39, 0.29) is 29.4 Å². The Morgan fingerprint density at radius 1 is 1.28 bits per heavy atom. The summed E-state index contributed by atoms with van der Waals surface area (Å²) in [5, 5.41) is 17.5. The quantitative estimate of drug-likeness (QED) is 0.477. The van der Waals surface area contributed by atoms with E-state index < -0.39 is 0 Å². The van der Waals surface area contributed by atoms with Gasteiger partial charge in [-0.25, -0.2) is 0 Å². The number of para-hydroxylation sites is 1. The first kappa shape index (κ1) is 14.0. The Labute approximate surface area is 107 Å². The maximum Gasteiger partial charge on any atom is 0.165 e. The van der Waals surface area contributed by atoms with Crippen LogP contribution in [0.15, 0.2) is 41.7 Å². The second-order valence-corrected chi connectivity index (χ2v) is 4.19. The molecule has 4 heteroatoms. The highest BCUT2D eigenvalue weighted by atomic mass is 16.3. The molecule has 0 radical (unpaired) electrons. The van der Waals surface area contributed by atoms with E-state index >= 15 is 0 Å². The number of nitrogens with zero attached hydrogens (tertiary/aromatic N) is 1. The summed E-state index contributed by atoms with van der Waals surface area (Å²) in [5.41, 5.74) is 1.12. The van der Waals surface area contributed by atoms with E-state index in [0.717, 1.165) is 5.69 Å². The van der Waals surface area contributed by atoms with Crippen LogP contribution >= 0.6 is 0 Å². The molecular formula is C14H18N2O2. The predicted molar refractivity (Wildman–Crippen MR) is 73.4 cm³/mol. The van der Waals surface area contributed by atoms with E-state index in [1.54, 1.807) is 0 Å². The Morgan fingerprint density at radius 2 is 1.83 bits per heavy atom. The third-order valence-electron chi connectivity index (χ3n) is 2.60. The highest BCUT2D eigenvalue weighted by molar-refractivity contribution is 6.20. The van der Waals surface area contributed by atoms with Gasteiger partial charge in [-0.3, -0.25) is 4.79 Å². The van der Waals surface area contributed by atoms with Crippen LogP contribution in [0.25, 0.3) is 0 Å². The minimum absolute atomic E-state index is 0.0682. The lowest BCUT2D eigenvalue weighted by molar-refractivity contribution is -0.113. The second kappa shape index (κ2) is 6.00. The molecular weight excluding hydrogens is 228 g/mol. The molecule has 0 aliphatic heterocycles. The number of benzene rings is 1. The number of ketones is 1. The van der Waals surface area contributed by atoms with E-state index in [0.29, 0.717) is 0 Å². The van der Waals surface area contributed by atoms with E-state index in [4.69, 9.17) is 5.41 Å². The molecule has 0 fully saturated rings. The maximum atomic E-state index is 11.4. The van der Waals surface area contributed by atoms with Gasteiger partial charge in [-0.05, 0) is 26.0 Å². The van der Waals surface area contributed by atoms with Crippen LogP contribution in [-0.4, -0.2) is 30.2 Å². The highest BCUT2D eigenvalue weighted by Gasteiger charge is 2.14. The van der Waals surface area contributed by atoms with Crippen LogP contribution in [0.3, 0.4) is 0 Å². The summed E-state index contributed by atoms with van der Waals surface area (Å²) < 4.78 is 0. The fourth-order valence-corrected chi connectivity index (χ4v) is 1.76. The van der Waals surface area contributed by atoms with Crippen LogP contribution in [0.2, 0.25) is 0 Å². The smallest absolute Gasteiger partial charge is 0.165 e. The fourth-order valence-electron chi connectivity index (χ4n) is 1.76. The van der Waals surface area contributed by atoms with E-state index in [1.165, 1.54) is 13.8 Å². The van der Waals surface area contributed by atoms with E-state index in [2.05, 4.69) is 0 Å². The summed E-state index contributed by atoms with van der Waals surface area (Å²) in [6, 6.07) is 9.55. The molecule has 0 aromatic heterocycles.